The van der Waals surface area contributed by atoms with Crippen molar-refractivity contribution in [3.05, 3.63) is 65.0 Å². The van der Waals surface area contributed by atoms with Crippen LogP contribution >= 0.6 is 0 Å². The number of hydrogen-bond donors (Lipinski definition) is 2. The second-order valence-electron chi connectivity index (χ2n) is 10.3. The Bertz CT molecular complexity index is 1290. The van der Waals surface area contributed by atoms with Gasteiger partial charge in [0.15, 0.2) is 0 Å². The minimum Gasteiger partial charge on any atom is -0.353 e. The van der Waals surface area contributed by atoms with E-state index in [1.54, 1.807) is 19.0 Å². The number of carbonyl (C=O) groups excluding carboxylic acids is 2. The number of amides is 2. The lowest BCUT2D eigenvalue weighted by molar-refractivity contribution is -0.145. The van der Waals surface area contributed by atoms with Gasteiger partial charge in [0.05, 0.1) is 13.1 Å². The molecule has 0 unspecified atom stereocenters. The van der Waals surface area contributed by atoms with Crippen molar-refractivity contribution in [1.82, 2.24) is 30.8 Å². The summed E-state index contributed by atoms with van der Waals surface area (Å²) in [4.78, 5) is 32.7. The van der Waals surface area contributed by atoms with E-state index in [4.69, 9.17) is 4.52 Å². The van der Waals surface area contributed by atoms with Crippen molar-refractivity contribution >= 4 is 17.5 Å². The fourth-order valence-corrected chi connectivity index (χ4v) is 4.68. The fraction of sp³-hybridized carbons (Fsp3) is 0.448. The van der Waals surface area contributed by atoms with Crippen molar-refractivity contribution in [1.29, 1.82) is 0 Å². The van der Waals surface area contributed by atoms with Crippen molar-refractivity contribution < 1.29 is 14.1 Å². The normalized spacial score (nSPS) is 13.3. The lowest BCUT2D eigenvalue weighted by atomic mass is 10.0. The van der Waals surface area contributed by atoms with Crippen LogP contribution in [0.5, 0.6) is 0 Å². The summed E-state index contributed by atoms with van der Waals surface area (Å²) in [5.74, 6) is 0.693. The number of aryl methyl sites for hydroxylation is 2. The number of nitrogens with one attached hydrogen (secondary N) is 2. The highest BCUT2D eigenvalue weighted by molar-refractivity contribution is 5.87. The number of fused-ring (bicyclic) bond motifs is 1. The largest absolute Gasteiger partial charge is 0.353 e. The predicted octanol–water partition coefficient (Wildman–Crippen LogP) is 2.71. The lowest BCUT2D eigenvalue weighted by Crippen LogP contribution is -2.51. The molecular formula is C29H39N7O3. The molecule has 4 rings (SSSR count). The van der Waals surface area contributed by atoms with Gasteiger partial charge < -0.3 is 20.1 Å². The number of hydrazine groups is 1. The molecule has 39 heavy (non-hydrogen) atoms. The molecule has 0 bridgehead atoms. The Balaban J connectivity index is 1.52. The summed E-state index contributed by atoms with van der Waals surface area (Å²) in [5, 5.41) is 14.1. The third-order valence-corrected chi connectivity index (χ3v) is 6.89. The van der Waals surface area contributed by atoms with E-state index in [0.29, 0.717) is 37.4 Å². The van der Waals surface area contributed by atoms with Crippen LogP contribution in [0.1, 0.15) is 36.4 Å². The Morgan fingerprint density at radius 2 is 1.85 bits per heavy atom. The highest BCUT2D eigenvalue weighted by Gasteiger charge is 2.26. The van der Waals surface area contributed by atoms with Crippen LogP contribution in [0.4, 0.5) is 5.69 Å². The molecule has 2 amide bonds. The Morgan fingerprint density at radius 3 is 2.56 bits per heavy atom. The van der Waals surface area contributed by atoms with E-state index >= 15 is 0 Å². The van der Waals surface area contributed by atoms with E-state index in [9.17, 15) is 9.59 Å². The zero-order valence-electron chi connectivity index (χ0n) is 23.5. The van der Waals surface area contributed by atoms with E-state index in [-0.39, 0.29) is 24.9 Å². The summed E-state index contributed by atoms with van der Waals surface area (Å²) < 4.78 is 5.16. The van der Waals surface area contributed by atoms with Gasteiger partial charge in [0, 0.05) is 57.4 Å². The maximum atomic E-state index is 13.6. The van der Waals surface area contributed by atoms with Crippen LogP contribution < -0.4 is 15.5 Å². The average Bonchev–Trinajstić information content (AvgIpc) is 3.36. The Kier molecular flexibility index (Phi) is 9.32. The minimum absolute atomic E-state index is 0.0413. The summed E-state index contributed by atoms with van der Waals surface area (Å²) in [6, 6.07) is 14.5. The number of nitrogens with zero attached hydrogens (tertiary/aromatic N) is 5. The first-order valence-corrected chi connectivity index (χ1v) is 13.5. The fourth-order valence-electron chi connectivity index (χ4n) is 4.68. The molecule has 0 aliphatic carbocycles. The second kappa shape index (κ2) is 12.9. The van der Waals surface area contributed by atoms with Gasteiger partial charge in [0.2, 0.25) is 17.6 Å². The molecule has 2 aromatic carbocycles. The molecule has 2 N–H and O–H groups in total. The Labute approximate surface area is 230 Å². The maximum absolute atomic E-state index is 13.6. The molecular weight excluding hydrogens is 494 g/mol. The number of rotatable bonds is 11. The molecule has 1 aromatic heterocycles. The molecule has 10 nitrogen and oxygen atoms in total. The van der Waals surface area contributed by atoms with Crippen molar-refractivity contribution in [3.63, 3.8) is 0 Å². The number of likely N-dealkylation sites (N-methyl/N-ethyl adjacent to an activating group) is 1. The summed E-state index contributed by atoms with van der Waals surface area (Å²) in [6.07, 6.45) is 0.885. The van der Waals surface area contributed by atoms with Gasteiger partial charge in [-0.3, -0.25) is 14.6 Å². The third-order valence-electron chi connectivity index (χ3n) is 6.89. The van der Waals surface area contributed by atoms with Gasteiger partial charge in [-0.1, -0.05) is 55.4 Å². The highest BCUT2D eigenvalue weighted by atomic mass is 16.5. The quantitative estimate of drug-likeness (QED) is 0.363. The van der Waals surface area contributed by atoms with Gasteiger partial charge in [-0.05, 0) is 36.1 Å². The Hall–Kier alpha value is -3.76. The molecule has 0 saturated carbocycles. The molecule has 0 atom stereocenters. The smallest absolute Gasteiger partial charge is 0.256 e. The molecule has 0 spiro atoms. The number of benzene rings is 2. The van der Waals surface area contributed by atoms with E-state index in [1.807, 2.05) is 36.1 Å². The molecule has 10 heteroatoms. The van der Waals surface area contributed by atoms with Crippen LogP contribution in [0.25, 0.3) is 11.4 Å². The van der Waals surface area contributed by atoms with Crippen molar-refractivity contribution in [2.24, 2.45) is 0 Å². The summed E-state index contributed by atoms with van der Waals surface area (Å²) in [5.41, 5.74) is 5.02. The van der Waals surface area contributed by atoms with Gasteiger partial charge in [-0.15, -0.1) is 0 Å². The summed E-state index contributed by atoms with van der Waals surface area (Å²) in [7, 11) is 1.80. The Morgan fingerprint density at radius 1 is 1.08 bits per heavy atom. The van der Waals surface area contributed by atoms with E-state index in [0.717, 1.165) is 29.8 Å². The molecule has 0 saturated heterocycles. The topological polar surface area (TPSA) is 107 Å². The number of anilines is 1. The van der Waals surface area contributed by atoms with Gasteiger partial charge in [0.1, 0.15) is 0 Å². The highest BCUT2D eigenvalue weighted by Crippen LogP contribution is 2.27. The zero-order chi connectivity index (χ0) is 27.9. The van der Waals surface area contributed by atoms with Gasteiger partial charge in [-0.2, -0.15) is 4.98 Å². The first-order chi connectivity index (χ1) is 18.7. The molecule has 0 radical (unpaired) electrons. The molecule has 208 valence electrons. The summed E-state index contributed by atoms with van der Waals surface area (Å²) in [6.45, 7) is 10.5. The SMILES string of the molecule is Cc1nc(-c2ccc(C)c(N(CC(=O)NCCNC(C)C)CC(=O)N(C)N3CCc4ccccc4C3)c2)no1. The lowest BCUT2D eigenvalue weighted by Gasteiger charge is -2.37. The van der Waals surface area contributed by atoms with Crippen LogP contribution in [0, 0.1) is 13.8 Å². The van der Waals surface area contributed by atoms with Crippen molar-refractivity contribution in [3.8, 4) is 11.4 Å². The predicted molar refractivity (Wildman–Crippen MR) is 151 cm³/mol. The second-order valence-corrected chi connectivity index (χ2v) is 10.3. The van der Waals surface area contributed by atoms with E-state index in [1.165, 1.54) is 11.1 Å². The first-order valence-electron chi connectivity index (χ1n) is 13.5. The van der Waals surface area contributed by atoms with Crippen LogP contribution in [-0.4, -0.2) is 77.8 Å². The zero-order valence-corrected chi connectivity index (χ0v) is 23.5. The maximum Gasteiger partial charge on any atom is 0.256 e. The number of hydrogen-bond acceptors (Lipinski definition) is 8. The number of carbonyl (C=O) groups is 2. The molecule has 1 aliphatic heterocycles. The van der Waals surface area contributed by atoms with Crippen LogP contribution in [-0.2, 0) is 22.6 Å². The van der Waals surface area contributed by atoms with Gasteiger partial charge >= 0.3 is 0 Å². The molecule has 1 aliphatic rings. The van der Waals surface area contributed by atoms with Gasteiger partial charge in [-0.25, -0.2) is 5.01 Å². The van der Waals surface area contributed by atoms with Crippen LogP contribution in [0.15, 0.2) is 47.0 Å². The monoisotopic (exact) mass is 533 g/mol. The number of aromatic nitrogens is 2. The summed E-state index contributed by atoms with van der Waals surface area (Å²) >= 11 is 0. The van der Waals surface area contributed by atoms with Gasteiger partial charge in [0.25, 0.3) is 5.91 Å². The van der Waals surface area contributed by atoms with E-state index in [2.05, 4.69) is 57.8 Å². The molecule has 2 heterocycles. The van der Waals surface area contributed by atoms with Crippen LogP contribution in [0.3, 0.4) is 0 Å². The standard InChI is InChI=1S/C29H39N7O3/c1-20(2)30-13-14-31-27(37)18-35(26-16-24(11-10-21(26)3)29-32-22(4)39-33-29)19-28(38)34(5)36-15-12-23-8-6-7-9-25(23)17-36/h6-11,16,20,30H,12-15,17-19H2,1-5H3,(H,31,37). The minimum atomic E-state index is -0.150. The van der Waals surface area contributed by atoms with Crippen molar-refractivity contribution in [2.45, 2.75) is 46.7 Å². The third kappa shape index (κ3) is 7.42. The van der Waals surface area contributed by atoms with Crippen molar-refractivity contribution in [2.75, 3.05) is 44.7 Å². The molecule has 3 aromatic rings. The van der Waals surface area contributed by atoms with Crippen LogP contribution in [0.2, 0.25) is 0 Å². The van der Waals surface area contributed by atoms with E-state index < -0.39 is 0 Å². The molecule has 0 fully saturated rings. The average molecular weight is 534 g/mol. The first kappa shape index (κ1) is 28.3.